The number of nitrogens with one attached hydrogen (secondary N) is 1. The zero-order chi connectivity index (χ0) is 15.2. The first-order valence-electron chi connectivity index (χ1n) is 7.33. The molecule has 0 fully saturated rings. The molecule has 0 spiro atoms. The molecule has 0 saturated carbocycles. The molecule has 1 aromatic carbocycles. The standard InChI is InChI=1S/C17H22FN3/c1-4-13-6-8-16(9-7-13)21(3)17-14(11-19-5-2)10-15(18)12-20-17/h6-10,12,19H,4-5,11H2,1-3H3. The molecule has 112 valence electrons. The molecule has 0 atom stereocenters. The molecule has 0 unspecified atom stereocenters. The molecule has 0 radical (unpaired) electrons. The molecule has 1 aromatic heterocycles. The van der Waals surface area contributed by atoms with E-state index >= 15 is 0 Å². The SMILES string of the molecule is CCNCc1cc(F)cnc1N(C)c1ccc(CC)cc1. The second-order valence-electron chi connectivity index (χ2n) is 5.00. The summed E-state index contributed by atoms with van der Waals surface area (Å²) in [5, 5.41) is 3.22. The van der Waals surface area contributed by atoms with Gasteiger partial charge in [0.25, 0.3) is 0 Å². The molecule has 3 nitrogen and oxygen atoms in total. The molecular formula is C17H22FN3. The topological polar surface area (TPSA) is 28.2 Å². The van der Waals surface area contributed by atoms with Crippen molar-refractivity contribution in [2.45, 2.75) is 26.8 Å². The van der Waals surface area contributed by atoms with E-state index in [9.17, 15) is 4.39 Å². The van der Waals surface area contributed by atoms with Gasteiger partial charge in [-0.1, -0.05) is 26.0 Å². The summed E-state index contributed by atoms with van der Waals surface area (Å²) < 4.78 is 13.4. The number of halogens is 1. The third-order valence-electron chi connectivity index (χ3n) is 3.52. The van der Waals surface area contributed by atoms with Crippen LogP contribution in [0.15, 0.2) is 36.5 Å². The second kappa shape index (κ2) is 7.18. The lowest BCUT2D eigenvalue weighted by molar-refractivity contribution is 0.614. The van der Waals surface area contributed by atoms with Crippen LogP contribution in [-0.2, 0) is 13.0 Å². The minimum atomic E-state index is -0.304. The Morgan fingerprint density at radius 3 is 2.52 bits per heavy atom. The summed E-state index contributed by atoms with van der Waals surface area (Å²) in [7, 11) is 1.95. The van der Waals surface area contributed by atoms with Gasteiger partial charge in [0.15, 0.2) is 0 Å². The smallest absolute Gasteiger partial charge is 0.141 e. The Hall–Kier alpha value is -1.94. The Balaban J connectivity index is 2.30. The molecule has 0 aliphatic heterocycles. The van der Waals surface area contributed by atoms with Gasteiger partial charge in [-0.15, -0.1) is 0 Å². The average molecular weight is 287 g/mol. The van der Waals surface area contributed by atoms with Crippen molar-refractivity contribution in [1.29, 1.82) is 0 Å². The molecule has 0 aliphatic rings. The molecule has 21 heavy (non-hydrogen) atoms. The third kappa shape index (κ3) is 3.79. The number of anilines is 2. The zero-order valence-corrected chi connectivity index (χ0v) is 12.9. The van der Waals surface area contributed by atoms with Crippen molar-refractivity contribution in [2.24, 2.45) is 0 Å². The van der Waals surface area contributed by atoms with Crippen LogP contribution in [-0.4, -0.2) is 18.6 Å². The Morgan fingerprint density at radius 2 is 1.90 bits per heavy atom. The maximum Gasteiger partial charge on any atom is 0.141 e. The number of hydrogen-bond acceptors (Lipinski definition) is 3. The first-order valence-corrected chi connectivity index (χ1v) is 7.33. The minimum Gasteiger partial charge on any atom is -0.329 e. The average Bonchev–Trinajstić information content (AvgIpc) is 2.52. The second-order valence-corrected chi connectivity index (χ2v) is 5.00. The van der Waals surface area contributed by atoms with Crippen LogP contribution < -0.4 is 10.2 Å². The van der Waals surface area contributed by atoms with E-state index in [4.69, 9.17) is 0 Å². The predicted molar refractivity (Wildman–Crippen MR) is 85.5 cm³/mol. The van der Waals surface area contributed by atoms with Gasteiger partial charge in [0.05, 0.1) is 6.20 Å². The van der Waals surface area contributed by atoms with Gasteiger partial charge in [-0.25, -0.2) is 9.37 Å². The van der Waals surface area contributed by atoms with Crippen LogP contribution in [0.3, 0.4) is 0 Å². The van der Waals surface area contributed by atoms with E-state index in [1.54, 1.807) is 6.07 Å². The zero-order valence-electron chi connectivity index (χ0n) is 12.9. The number of aromatic nitrogens is 1. The fourth-order valence-electron chi connectivity index (χ4n) is 2.24. The van der Waals surface area contributed by atoms with Gasteiger partial charge in [-0.2, -0.15) is 0 Å². The lowest BCUT2D eigenvalue weighted by atomic mass is 10.1. The first kappa shape index (κ1) is 15.4. The summed E-state index contributed by atoms with van der Waals surface area (Å²) in [6.45, 7) is 5.60. The van der Waals surface area contributed by atoms with Gasteiger partial charge < -0.3 is 10.2 Å². The summed E-state index contributed by atoms with van der Waals surface area (Å²) in [6, 6.07) is 9.91. The molecule has 1 N–H and O–H groups in total. The number of rotatable bonds is 6. The van der Waals surface area contributed by atoms with Crippen molar-refractivity contribution in [2.75, 3.05) is 18.5 Å². The van der Waals surface area contributed by atoms with Crippen molar-refractivity contribution in [3.63, 3.8) is 0 Å². The van der Waals surface area contributed by atoms with Crippen LogP contribution in [0.2, 0.25) is 0 Å². The summed E-state index contributed by atoms with van der Waals surface area (Å²) >= 11 is 0. The number of benzene rings is 1. The molecule has 0 aliphatic carbocycles. The summed E-state index contributed by atoms with van der Waals surface area (Å²) in [5.74, 6) is 0.475. The quantitative estimate of drug-likeness (QED) is 0.879. The van der Waals surface area contributed by atoms with E-state index in [1.807, 2.05) is 18.9 Å². The molecule has 2 rings (SSSR count). The molecule has 2 aromatic rings. The van der Waals surface area contributed by atoms with Crippen molar-refractivity contribution in [3.8, 4) is 0 Å². The van der Waals surface area contributed by atoms with Gasteiger partial charge >= 0.3 is 0 Å². The summed E-state index contributed by atoms with van der Waals surface area (Å²) in [4.78, 5) is 6.25. The number of aryl methyl sites for hydroxylation is 1. The van der Waals surface area contributed by atoms with E-state index in [0.717, 1.165) is 30.0 Å². The molecule has 4 heteroatoms. The summed E-state index contributed by atoms with van der Waals surface area (Å²) in [6.07, 6.45) is 2.28. The lowest BCUT2D eigenvalue weighted by Gasteiger charge is -2.21. The number of hydrogen-bond donors (Lipinski definition) is 1. The predicted octanol–water partition coefficient (Wildman–Crippen LogP) is 3.66. The van der Waals surface area contributed by atoms with Crippen molar-refractivity contribution in [1.82, 2.24) is 10.3 Å². The largest absolute Gasteiger partial charge is 0.329 e. The van der Waals surface area contributed by atoms with E-state index in [0.29, 0.717) is 6.54 Å². The van der Waals surface area contributed by atoms with Crippen LogP contribution in [0.1, 0.15) is 25.0 Å². The minimum absolute atomic E-state index is 0.304. The van der Waals surface area contributed by atoms with Crippen LogP contribution >= 0.6 is 0 Å². The highest BCUT2D eigenvalue weighted by atomic mass is 19.1. The van der Waals surface area contributed by atoms with Gasteiger partial charge in [-0.3, -0.25) is 0 Å². The van der Waals surface area contributed by atoms with E-state index in [2.05, 4.69) is 41.5 Å². The number of pyridine rings is 1. The van der Waals surface area contributed by atoms with E-state index in [1.165, 1.54) is 11.8 Å². The van der Waals surface area contributed by atoms with E-state index in [-0.39, 0.29) is 5.82 Å². The van der Waals surface area contributed by atoms with Crippen LogP contribution in [0.5, 0.6) is 0 Å². The van der Waals surface area contributed by atoms with Crippen LogP contribution in [0.4, 0.5) is 15.9 Å². The Labute approximate surface area is 125 Å². The molecule has 0 amide bonds. The first-order chi connectivity index (χ1) is 10.2. The van der Waals surface area contributed by atoms with Crippen molar-refractivity contribution >= 4 is 11.5 Å². The monoisotopic (exact) mass is 287 g/mol. The Morgan fingerprint density at radius 1 is 1.19 bits per heavy atom. The van der Waals surface area contributed by atoms with Crippen LogP contribution in [0.25, 0.3) is 0 Å². The van der Waals surface area contributed by atoms with E-state index < -0.39 is 0 Å². The van der Waals surface area contributed by atoms with Gasteiger partial charge in [-0.05, 0) is 36.7 Å². The Kier molecular flexibility index (Phi) is 5.28. The fraction of sp³-hybridized carbons (Fsp3) is 0.353. The Bertz CT molecular complexity index is 581. The molecular weight excluding hydrogens is 265 g/mol. The van der Waals surface area contributed by atoms with Crippen LogP contribution in [0, 0.1) is 5.82 Å². The molecule has 1 heterocycles. The molecule has 0 saturated heterocycles. The maximum absolute atomic E-state index is 13.4. The third-order valence-corrected chi connectivity index (χ3v) is 3.52. The fourth-order valence-corrected chi connectivity index (χ4v) is 2.24. The van der Waals surface area contributed by atoms with Gasteiger partial charge in [0, 0.05) is 24.8 Å². The highest BCUT2D eigenvalue weighted by Gasteiger charge is 2.12. The highest BCUT2D eigenvalue weighted by Crippen LogP contribution is 2.25. The van der Waals surface area contributed by atoms with Crippen molar-refractivity contribution in [3.05, 3.63) is 53.5 Å². The van der Waals surface area contributed by atoms with Gasteiger partial charge in [0.2, 0.25) is 0 Å². The van der Waals surface area contributed by atoms with Gasteiger partial charge in [0.1, 0.15) is 11.6 Å². The normalized spacial score (nSPS) is 10.7. The lowest BCUT2D eigenvalue weighted by Crippen LogP contribution is -2.18. The highest BCUT2D eigenvalue weighted by molar-refractivity contribution is 5.62. The summed E-state index contributed by atoms with van der Waals surface area (Å²) in [5.41, 5.74) is 3.20. The number of nitrogens with zero attached hydrogens (tertiary/aromatic N) is 2. The van der Waals surface area contributed by atoms with Crippen molar-refractivity contribution < 1.29 is 4.39 Å². The molecule has 0 bridgehead atoms. The maximum atomic E-state index is 13.4.